The summed E-state index contributed by atoms with van der Waals surface area (Å²) >= 11 is 0. The quantitative estimate of drug-likeness (QED) is 0.770. The number of hydrogen-bond acceptors (Lipinski definition) is 3. The molecule has 26 heavy (non-hydrogen) atoms. The minimum atomic E-state index is -0.164. The molecule has 6 nitrogen and oxygen atoms in total. The normalized spacial score (nSPS) is 12.4. The van der Waals surface area contributed by atoms with E-state index in [0.717, 1.165) is 17.1 Å². The third-order valence-corrected chi connectivity index (χ3v) is 4.49. The van der Waals surface area contributed by atoms with E-state index in [-0.39, 0.29) is 24.7 Å². The molecule has 0 radical (unpaired) electrons. The standard InChI is InChI=1S/C20H19N3O3/c24-19(21-13-16-6-4-12-26-16)9-10-20(25)23-14-15-5-3-11-22(15)17-7-1-2-8-18(17)23/h1-8,11-12H,9-10,13-14H2,(H,21,24). The number of aromatic nitrogens is 1. The Morgan fingerprint density at radius 3 is 2.65 bits per heavy atom. The summed E-state index contributed by atoms with van der Waals surface area (Å²) in [5.41, 5.74) is 2.91. The molecule has 1 aromatic carbocycles. The Hall–Kier alpha value is -3.28. The van der Waals surface area contributed by atoms with Gasteiger partial charge in [-0.2, -0.15) is 0 Å². The lowest BCUT2D eigenvalue weighted by atomic mass is 10.1. The smallest absolute Gasteiger partial charge is 0.227 e. The van der Waals surface area contributed by atoms with E-state index in [0.29, 0.717) is 18.8 Å². The first-order valence-corrected chi connectivity index (χ1v) is 8.57. The summed E-state index contributed by atoms with van der Waals surface area (Å²) < 4.78 is 7.27. The van der Waals surface area contributed by atoms with Crippen LogP contribution in [0, 0.1) is 0 Å². The number of carbonyl (C=O) groups excluding carboxylic acids is 2. The second-order valence-electron chi connectivity index (χ2n) is 6.19. The van der Waals surface area contributed by atoms with E-state index in [9.17, 15) is 9.59 Å². The first-order valence-electron chi connectivity index (χ1n) is 8.57. The van der Waals surface area contributed by atoms with E-state index in [4.69, 9.17) is 4.42 Å². The monoisotopic (exact) mass is 349 g/mol. The Kier molecular flexibility index (Phi) is 4.31. The van der Waals surface area contributed by atoms with Crippen LogP contribution in [0.3, 0.4) is 0 Å². The highest BCUT2D eigenvalue weighted by Crippen LogP contribution is 2.32. The highest BCUT2D eigenvalue weighted by Gasteiger charge is 2.25. The topological polar surface area (TPSA) is 67.5 Å². The van der Waals surface area contributed by atoms with Gasteiger partial charge in [0, 0.05) is 24.7 Å². The number of rotatable bonds is 5. The van der Waals surface area contributed by atoms with Crippen molar-refractivity contribution in [3.05, 3.63) is 72.4 Å². The lowest BCUT2D eigenvalue weighted by Gasteiger charge is -2.31. The number of para-hydroxylation sites is 2. The molecule has 132 valence electrons. The van der Waals surface area contributed by atoms with Crippen molar-refractivity contribution >= 4 is 17.5 Å². The van der Waals surface area contributed by atoms with Crippen LogP contribution in [0.25, 0.3) is 5.69 Å². The van der Waals surface area contributed by atoms with Gasteiger partial charge in [0.15, 0.2) is 0 Å². The van der Waals surface area contributed by atoms with Gasteiger partial charge in [0.25, 0.3) is 0 Å². The third-order valence-electron chi connectivity index (χ3n) is 4.49. The molecule has 0 unspecified atom stereocenters. The zero-order valence-electron chi connectivity index (χ0n) is 14.2. The van der Waals surface area contributed by atoms with Gasteiger partial charge in [0.2, 0.25) is 11.8 Å². The van der Waals surface area contributed by atoms with E-state index in [1.807, 2.05) is 42.6 Å². The number of amides is 2. The molecule has 3 heterocycles. The zero-order valence-corrected chi connectivity index (χ0v) is 14.2. The maximum Gasteiger partial charge on any atom is 0.227 e. The average Bonchev–Trinajstić information content (AvgIpc) is 3.35. The summed E-state index contributed by atoms with van der Waals surface area (Å²) in [5.74, 6) is 0.469. The summed E-state index contributed by atoms with van der Waals surface area (Å²) in [5, 5.41) is 2.77. The lowest BCUT2D eigenvalue weighted by molar-refractivity contribution is -0.125. The fourth-order valence-corrected chi connectivity index (χ4v) is 3.19. The Morgan fingerprint density at radius 2 is 1.85 bits per heavy atom. The Balaban J connectivity index is 1.40. The number of nitrogens with zero attached hydrogens (tertiary/aromatic N) is 2. The largest absolute Gasteiger partial charge is 0.467 e. The molecular weight excluding hydrogens is 330 g/mol. The van der Waals surface area contributed by atoms with E-state index >= 15 is 0 Å². The SMILES string of the molecule is O=C(CCC(=O)N1Cc2cccn2-c2ccccc21)NCc1ccco1. The van der Waals surface area contributed by atoms with Crippen molar-refractivity contribution in [1.82, 2.24) is 9.88 Å². The predicted molar refractivity (Wildman–Crippen MR) is 96.7 cm³/mol. The molecule has 6 heteroatoms. The number of carbonyl (C=O) groups is 2. The summed E-state index contributed by atoms with van der Waals surface area (Å²) in [4.78, 5) is 26.5. The minimum absolute atomic E-state index is 0.0574. The van der Waals surface area contributed by atoms with Gasteiger partial charge >= 0.3 is 0 Å². The van der Waals surface area contributed by atoms with Crippen LogP contribution in [-0.4, -0.2) is 16.4 Å². The van der Waals surface area contributed by atoms with Gasteiger partial charge in [-0.15, -0.1) is 0 Å². The molecule has 0 atom stereocenters. The van der Waals surface area contributed by atoms with Crippen molar-refractivity contribution in [2.24, 2.45) is 0 Å². The van der Waals surface area contributed by atoms with E-state index in [2.05, 4.69) is 9.88 Å². The predicted octanol–water partition coefficient (Wildman–Crippen LogP) is 3.01. The van der Waals surface area contributed by atoms with Crippen molar-refractivity contribution < 1.29 is 14.0 Å². The van der Waals surface area contributed by atoms with Crippen molar-refractivity contribution in [1.29, 1.82) is 0 Å². The van der Waals surface area contributed by atoms with Crippen LogP contribution in [0.2, 0.25) is 0 Å². The second kappa shape index (κ2) is 6.92. The van der Waals surface area contributed by atoms with E-state index in [1.54, 1.807) is 23.3 Å². The van der Waals surface area contributed by atoms with Gasteiger partial charge in [0.1, 0.15) is 5.76 Å². The molecule has 1 N–H and O–H groups in total. The number of anilines is 1. The maximum atomic E-state index is 12.7. The number of fused-ring (bicyclic) bond motifs is 3. The fourth-order valence-electron chi connectivity index (χ4n) is 3.19. The van der Waals surface area contributed by atoms with Gasteiger partial charge in [-0.05, 0) is 36.4 Å². The summed E-state index contributed by atoms with van der Waals surface area (Å²) in [7, 11) is 0. The van der Waals surface area contributed by atoms with Crippen molar-refractivity contribution in [2.75, 3.05) is 4.90 Å². The molecule has 0 saturated carbocycles. The summed E-state index contributed by atoms with van der Waals surface area (Å²) in [6.07, 6.45) is 3.88. The molecule has 0 saturated heterocycles. The number of nitrogens with one attached hydrogen (secondary N) is 1. The molecule has 3 aromatic rings. The maximum absolute atomic E-state index is 12.7. The molecule has 0 bridgehead atoms. The molecule has 1 aliphatic rings. The molecule has 2 aromatic heterocycles. The molecular formula is C20H19N3O3. The average molecular weight is 349 g/mol. The lowest BCUT2D eigenvalue weighted by Crippen LogP contribution is -2.35. The van der Waals surface area contributed by atoms with Crippen LogP contribution < -0.4 is 10.2 Å². The van der Waals surface area contributed by atoms with Crippen LogP contribution in [0.1, 0.15) is 24.3 Å². The zero-order chi connectivity index (χ0) is 17.9. The minimum Gasteiger partial charge on any atom is -0.467 e. The highest BCUT2D eigenvalue weighted by atomic mass is 16.3. The summed E-state index contributed by atoms with van der Waals surface area (Å²) in [6, 6.07) is 15.4. The summed E-state index contributed by atoms with van der Waals surface area (Å²) in [6.45, 7) is 0.844. The van der Waals surface area contributed by atoms with Crippen molar-refractivity contribution in [3.8, 4) is 5.69 Å². The molecule has 4 rings (SSSR count). The van der Waals surface area contributed by atoms with Gasteiger partial charge in [0.05, 0.1) is 30.7 Å². The molecule has 1 aliphatic heterocycles. The van der Waals surface area contributed by atoms with Gasteiger partial charge < -0.3 is 19.2 Å². The van der Waals surface area contributed by atoms with Crippen LogP contribution in [0.15, 0.2) is 65.4 Å². The molecule has 0 spiro atoms. The molecule has 0 aliphatic carbocycles. The highest BCUT2D eigenvalue weighted by molar-refractivity contribution is 5.97. The van der Waals surface area contributed by atoms with Crippen LogP contribution in [0.4, 0.5) is 5.69 Å². The Morgan fingerprint density at radius 1 is 1.00 bits per heavy atom. The Labute approximate surface area is 151 Å². The fraction of sp³-hybridized carbons (Fsp3) is 0.200. The second-order valence-corrected chi connectivity index (χ2v) is 6.19. The third kappa shape index (κ3) is 3.13. The van der Waals surface area contributed by atoms with Gasteiger partial charge in [-0.1, -0.05) is 12.1 Å². The number of furan rings is 1. The first-order chi connectivity index (χ1) is 12.7. The van der Waals surface area contributed by atoms with E-state index < -0.39 is 0 Å². The van der Waals surface area contributed by atoms with Gasteiger partial charge in [-0.3, -0.25) is 9.59 Å². The first kappa shape index (κ1) is 16.2. The Bertz CT molecular complexity index is 927. The van der Waals surface area contributed by atoms with Crippen LogP contribution in [0.5, 0.6) is 0 Å². The molecule has 0 fully saturated rings. The van der Waals surface area contributed by atoms with Crippen molar-refractivity contribution in [3.63, 3.8) is 0 Å². The molecule has 2 amide bonds. The van der Waals surface area contributed by atoms with Gasteiger partial charge in [-0.25, -0.2) is 0 Å². The number of hydrogen-bond donors (Lipinski definition) is 1. The number of benzene rings is 1. The van der Waals surface area contributed by atoms with Crippen LogP contribution >= 0.6 is 0 Å². The van der Waals surface area contributed by atoms with Crippen LogP contribution in [-0.2, 0) is 22.7 Å². The van der Waals surface area contributed by atoms with E-state index in [1.165, 1.54) is 0 Å². The van der Waals surface area contributed by atoms with Crippen molar-refractivity contribution in [2.45, 2.75) is 25.9 Å².